The Hall–Kier alpha value is -1.33. The second-order valence-electron chi connectivity index (χ2n) is 3.72. The molecule has 0 unspecified atom stereocenters. The zero-order chi connectivity index (χ0) is 13.1. The zero-order valence-corrected chi connectivity index (χ0v) is 9.84. The van der Waals surface area contributed by atoms with Crippen molar-refractivity contribution in [1.29, 1.82) is 0 Å². The lowest BCUT2D eigenvalue weighted by Crippen LogP contribution is -2.14. The van der Waals surface area contributed by atoms with Crippen molar-refractivity contribution in [3.05, 3.63) is 17.0 Å². The molecule has 0 N–H and O–H groups in total. The number of aldehydes is 1. The van der Waals surface area contributed by atoms with Crippen LogP contribution >= 0.6 is 0 Å². The SMILES string of the molecule is CCc1nn(CCC(F)(F)F)c(CC)c1C=O. The molecule has 1 aromatic rings. The molecule has 1 aromatic heterocycles. The molecule has 1 rings (SSSR count). The van der Waals surface area contributed by atoms with Crippen LogP contribution in [0, 0.1) is 0 Å². The van der Waals surface area contributed by atoms with Crippen LogP contribution in [0.2, 0.25) is 0 Å². The fourth-order valence-electron chi connectivity index (χ4n) is 1.75. The maximum atomic E-state index is 12.1. The summed E-state index contributed by atoms with van der Waals surface area (Å²) < 4.78 is 37.7. The Morgan fingerprint density at radius 1 is 1.29 bits per heavy atom. The van der Waals surface area contributed by atoms with Crippen LogP contribution in [0.4, 0.5) is 13.2 Å². The molecule has 1 heterocycles. The van der Waals surface area contributed by atoms with E-state index < -0.39 is 12.6 Å². The van der Waals surface area contributed by atoms with Crippen molar-refractivity contribution < 1.29 is 18.0 Å². The van der Waals surface area contributed by atoms with Gasteiger partial charge in [-0.1, -0.05) is 13.8 Å². The summed E-state index contributed by atoms with van der Waals surface area (Å²) in [6.07, 6.45) is -3.42. The molecule has 96 valence electrons. The molecular weight excluding hydrogens is 233 g/mol. The number of nitrogens with zero attached hydrogens (tertiary/aromatic N) is 2. The van der Waals surface area contributed by atoms with E-state index in [1.54, 1.807) is 6.92 Å². The van der Waals surface area contributed by atoms with E-state index >= 15 is 0 Å². The smallest absolute Gasteiger partial charge is 0.298 e. The van der Waals surface area contributed by atoms with Gasteiger partial charge in [-0.2, -0.15) is 18.3 Å². The average molecular weight is 248 g/mol. The Balaban J connectivity index is 2.99. The second kappa shape index (κ2) is 5.33. The van der Waals surface area contributed by atoms with Crippen LogP contribution in [-0.4, -0.2) is 22.2 Å². The quantitative estimate of drug-likeness (QED) is 0.751. The first-order chi connectivity index (χ1) is 7.92. The van der Waals surface area contributed by atoms with Gasteiger partial charge in [0.25, 0.3) is 0 Å². The van der Waals surface area contributed by atoms with E-state index in [9.17, 15) is 18.0 Å². The molecule has 0 aliphatic heterocycles. The maximum Gasteiger partial charge on any atom is 0.390 e. The van der Waals surface area contributed by atoms with Crippen LogP contribution in [0.5, 0.6) is 0 Å². The van der Waals surface area contributed by atoms with Crippen LogP contribution in [0.25, 0.3) is 0 Å². The summed E-state index contributed by atoms with van der Waals surface area (Å²) >= 11 is 0. The van der Waals surface area contributed by atoms with Crippen LogP contribution in [0.1, 0.15) is 42.0 Å². The fourth-order valence-corrected chi connectivity index (χ4v) is 1.75. The molecule has 6 heteroatoms. The molecule has 0 fully saturated rings. The Kier molecular flexibility index (Phi) is 4.31. The molecule has 0 saturated heterocycles. The van der Waals surface area contributed by atoms with Gasteiger partial charge in [0.1, 0.15) is 0 Å². The second-order valence-corrected chi connectivity index (χ2v) is 3.72. The van der Waals surface area contributed by atoms with Crippen molar-refractivity contribution >= 4 is 6.29 Å². The van der Waals surface area contributed by atoms with Gasteiger partial charge in [0.05, 0.1) is 17.7 Å². The van der Waals surface area contributed by atoms with Crippen LogP contribution in [-0.2, 0) is 19.4 Å². The molecule has 0 amide bonds. The van der Waals surface area contributed by atoms with Crippen molar-refractivity contribution in [1.82, 2.24) is 9.78 Å². The largest absolute Gasteiger partial charge is 0.390 e. The molecule has 3 nitrogen and oxygen atoms in total. The number of hydrogen-bond acceptors (Lipinski definition) is 2. The number of alkyl halides is 3. The van der Waals surface area contributed by atoms with Crippen LogP contribution in [0.3, 0.4) is 0 Å². The third-order valence-corrected chi connectivity index (χ3v) is 2.57. The minimum atomic E-state index is -4.20. The summed E-state index contributed by atoms with van der Waals surface area (Å²) in [5, 5.41) is 4.06. The summed E-state index contributed by atoms with van der Waals surface area (Å²) in [5.74, 6) is 0. The van der Waals surface area contributed by atoms with Crippen LogP contribution < -0.4 is 0 Å². The predicted molar refractivity (Wildman–Crippen MR) is 57.0 cm³/mol. The lowest BCUT2D eigenvalue weighted by Gasteiger charge is -2.08. The molecule has 0 spiro atoms. The number of rotatable bonds is 5. The molecule has 0 atom stereocenters. The lowest BCUT2D eigenvalue weighted by molar-refractivity contribution is -0.137. The van der Waals surface area contributed by atoms with Gasteiger partial charge in [-0.05, 0) is 12.8 Å². The highest BCUT2D eigenvalue weighted by atomic mass is 19.4. The van der Waals surface area contributed by atoms with E-state index in [0.29, 0.717) is 36.1 Å². The summed E-state index contributed by atoms with van der Waals surface area (Å²) in [7, 11) is 0. The summed E-state index contributed by atoms with van der Waals surface area (Å²) in [4.78, 5) is 10.9. The average Bonchev–Trinajstić information content (AvgIpc) is 2.62. The predicted octanol–water partition coefficient (Wildman–Crippen LogP) is 2.77. The monoisotopic (exact) mass is 248 g/mol. The lowest BCUT2D eigenvalue weighted by atomic mass is 10.1. The van der Waals surface area contributed by atoms with Crippen molar-refractivity contribution in [2.45, 2.75) is 45.8 Å². The van der Waals surface area contributed by atoms with Gasteiger partial charge in [0.15, 0.2) is 6.29 Å². The van der Waals surface area contributed by atoms with E-state index in [4.69, 9.17) is 0 Å². The number of halogens is 3. The van der Waals surface area contributed by atoms with Crippen molar-refractivity contribution in [3.63, 3.8) is 0 Å². The van der Waals surface area contributed by atoms with Crippen LogP contribution in [0.15, 0.2) is 0 Å². The van der Waals surface area contributed by atoms with E-state index in [2.05, 4.69) is 5.10 Å². The number of aryl methyl sites for hydroxylation is 2. The molecular formula is C11H15F3N2O. The summed E-state index contributed by atoms with van der Waals surface area (Å²) in [6, 6.07) is 0. The number of aromatic nitrogens is 2. The number of carbonyl (C=O) groups is 1. The van der Waals surface area contributed by atoms with Gasteiger partial charge in [-0.3, -0.25) is 9.48 Å². The van der Waals surface area contributed by atoms with Gasteiger partial charge < -0.3 is 0 Å². The van der Waals surface area contributed by atoms with Gasteiger partial charge in [0, 0.05) is 12.2 Å². The summed E-state index contributed by atoms with van der Waals surface area (Å²) in [5.41, 5.74) is 1.59. The van der Waals surface area contributed by atoms with Gasteiger partial charge >= 0.3 is 6.18 Å². The Morgan fingerprint density at radius 2 is 1.94 bits per heavy atom. The molecule has 0 saturated carbocycles. The highest BCUT2D eigenvalue weighted by Gasteiger charge is 2.27. The summed E-state index contributed by atoms with van der Waals surface area (Å²) in [6.45, 7) is 3.39. The molecule has 0 aliphatic rings. The first-order valence-corrected chi connectivity index (χ1v) is 5.53. The Morgan fingerprint density at radius 3 is 2.35 bits per heavy atom. The Bertz CT molecular complexity index is 396. The minimum Gasteiger partial charge on any atom is -0.298 e. The highest BCUT2D eigenvalue weighted by molar-refractivity contribution is 5.78. The van der Waals surface area contributed by atoms with Crippen molar-refractivity contribution in [2.24, 2.45) is 0 Å². The molecule has 0 radical (unpaired) electrons. The maximum absolute atomic E-state index is 12.1. The first kappa shape index (κ1) is 13.7. The first-order valence-electron chi connectivity index (χ1n) is 5.53. The normalized spacial score (nSPS) is 11.8. The third kappa shape index (κ3) is 3.31. The fraction of sp³-hybridized carbons (Fsp3) is 0.636. The van der Waals surface area contributed by atoms with Gasteiger partial charge in [-0.15, -0.1) is 0 Å². The van der Waals surface area contributed by atoms with E-state index in [1.165, 1.54) is 4.68 Å². The van der Waals surface area contributed by atoms with E-state index in [1.807, 2.05) is 6.92 Å². The molecule has 0 aliphatic carbocycles. The number of carbonyl (C=O) groups excluding carboxylic acids is 1. The molecule has 0 aromatic carbocycles. The van der Waals surface area contributed by atoms with E-state index in [0.717, 1.165) is 0 Å². The van der Waals surface area contributed by atoms with Crippen molar-refractivity contribution in [2.75, 3.05) is 0 Å². The van der Waals surface area contributed by atoms with E-state index in [-0.39, 0.29) is 6.54 Å². The highest BCUT2D eigenvalue weighted by Crippen LogP contribution is 2.22. The van der Waals surface area contributed by atoms with Gasteiger partial charge in [0.2, 0.25) is 0 Å². The standard InChI is InChI=1S/C11H15F3N2O/c1-3-9-8(7-17)10(4-2)16(15-9)6-5-11(12,13)14/h7H,3-6H2,1-2H3. The minimum absolute atomic E-state index is 0.229. The molecule has 17 heavy (non-hydrogen) atoms. The Labute approximate surface area is 97.6 Å². The third-order valence-electron chi connectivity index (χ3n) is 2.57. The molecule has 0 bridgehead atoms. The zero-order valence-electron chi connectivity index (χ0n) is 9.84. The number of hydrogen-bond donors (Lipinski definition) is 0. The topological polar surface area (TPSA) is 34.9 Å². The van der Waals surface area contributed by atoms with Crippen molar-refractivity contribution in [3.8, 4) is 0 Å². The van der Waals surface area contributed by atoms with Gasteiger partial charge in [-0.25, -0.2) is 0 Å².